The molecular formula is C15H20BrClN2O2. The predicted octanol–water partition coefficient (Wildman–Crippen LogP) is 3.48. The van der Waals surface area contributed by atoms with Gasteiger partial charge in [-0.3, -0.25) is 9.59 Å². The molecule has 21 heavy (non-hydrogen) atoms. The van der Waals surface area contributed by atoms with E-state index in [4.69, 9.17) is 11.6 Å². The minimum absolute atomic E-state index is 0.0712. The molecule has 0 saturated carbocycles. The summed E-state index contributed by atoms with van der Waals surface area (Å²) in [5.74, 6) is -0.309. The average Bonchev–Trinajstić information content (AvgIpc) is 2.44. The smallest absolute Gasteiger partial charge is 0.255 e. The summed E-state index contributed by atoms with van der Waals surface area (Å²) in [6.45, 7) is 5.19. The average molecular weight is 376 g/mol. The van der Waals surface area contributed by atoms with E-state index in [0.717, 1.165) is 12.8 Å². The van der Waals surface area contributed by atoms with Gasteiger partial charge in [0.15, 0.2) is 0 Å². The fraction of sp³-hybridized carbons (Fsp3) is 0.467. The number of carbonyl (C=O) groups excluding carboxylic acids is 2. The SMILES string of the molecule is CCCNC(=O)CN(CCC)C(=O)c1ccc(Cl)cc1Br. The Balaban J connectivity index is 2.83. The molecule has 0 aromatic heterocycles. The largest absolute Gasteiger partial charge is 0.355 e. The summed E-state index contributed by atoms with van der Waals surface area (Å²) in [6, 6.07) is 5.01. The van der Waals surface area contributed by atoms with Crippen LogP contribution in [-0.2, 0) is 4.79 Å². The van der Waals surface area contributed by atoms with Crippen molar-refractivity contribution in [3.05, 3.63) is 33.3 Å². The van der Waals surface area contributed by atoms with E-state index in [9.17, 15) is 9.59 Å². The molecule has 1 N–H and O–H groups in total. The first-order chi connectivity index (χ1) is 9.99. The lowest BCUT2D eigenvalue weighted by atomic mass is 10.2. The minimum atomic E-state index is -0.174. The van der Waals surface area contributed by atoms with Crippen LogP contribution in [0.25, 0.3) is 0 Å². The minimum Gasteiger partial charge on any atom is -0.355 e. The molecule has 1 aromatic rings. The van der Waals surface area contributed by atoms with E-state index < -0.39 is 0 Å². The Labute approximate surface area is 139 Å². The Bertz CT molecular complexity index is 508. The molecule has 4 nitrogen and oxygen atoms in total. The van der Waals surface area contributed by atoms with E-state index in [-0.39, 0.29) is 18.4 Å². The van der Waals surface area contributed by atoms with E-state index in [1.165, 1.54) is 0 Å². The van der Waals surface area contributed by atoms with E-state index in [1.807, 2.05) is 13.8 Å². The summed E-state index contributed by atoms with van der Waals surface area (Å²) in [5.41, 5.74) is 0.510. The lowest BCUT2D eigenvalue weighted by Crippen LogP contribution is -2.41. The lowest BCUT2D eigenvalue weighted by Gasteiger charge is -2.22. The van der Waals surface area contributed by atoms with Crippen LogP contribution >= 0.6 is 27.5 Å². The Morgan fingerprint density at radius 1 is 1.29 bits per heavy atom. The zero-order chi connectivity index (χ0) is 15.8. The van der Waals surface area contributed by atoms with Crippen LogP contribution in [0.2, 0.25) is 5.02 Å². The van der Waals surface area contributed by atoms with Crippen LogP contribution in [0.1, 0.15) is 37.0 Å². The maximum absolute atomic E-state index is 12.5. The fourth-order valence-corrected chi connectivity index (χ4v) is 2.70. The molecule has 6 heteroatoms. The third kappa shape index (κ3) is 5.67. The monoisotopic (exact) mass is 374 g/mol. The molecule has 1 rings (SSSR count). The summed E-state index contributed by atoms with van der Waals surface area (Å²) < 4.78 is 0.634. The van der Waals surface area contributed by atoms with E-state index in [1.54, 1.807) is 23.1 Å². The highest BCUT2D eigenvalue weighted by atomic mass is 79.9. The van der Waals surface area contributed by atoms with Gasteiger partial charge < -0.3 is 10.2 Å². The van der Waals surface area contributed by atoms with Gasteiger partial charge in [0.05, 0.1) is 12.1 Å². The standard InChI is InChI=1S/C15H20BrClN2O2/c1-3-7-18-14(20)10-19(8-4-2)15(21)12-6-5-11(17)9-13(12)16/h5-6,9H,3-4,7-8,10H2,1-2H3,(H,18,20). The van der Waals surface area contributed by atoms with E-state index in [2.05, 4.69) is 21.2 Å². The van der Waals surface area contributed by atoms with Crippen molar-refractivity contribution in [3.63, 3.8) is 0 Å². The quantitative estimate of drug-likeness (QED) is 0.793. The number of nitrogens with zero attached hydrogens (tertiary/aromatic N) is 1. The van der Waals surface area contributed by atoms with Crippen LogP contribution in [0.3, 0.4) is 0 Å². The Hall–Kier alpha value is -1.07. The molecule has 0 bridgehead atoms. The normalized spacial score (nSPS) is 10.3. The Kier molecular flexibility index (Phi) is 7.75. The van der Waals surface area contributed by atoms with Crippen molar-refractivity contribution < 1.29 is 9.59 Å². The van der Waals surface area contributed by atoms with Gasteiger partial charge in [-0.25, -0.2) is 0 Å². The van der Waals surface area contributed by atoms with Crippen LogP contribution in [-0.4, -0.2) is 36.3 Å². The lowest BCUT2D eigenvalue weighted by molar-refractivity contribution is -0.121. The van der Waals surface area contributed by atoms with Crippen molar-refractivity contribution in [2.75, 3.05) is 19.6 Å². The Morgan fingerprint density at radius 3 is 2.57 bits per heavy atom. The highest BCUT2D eigenvalue weighted by molar-refractivity contribution is 9.10. The van der Waals surface area contributed by atoms with Crippen LogP contribution in [0.4, 0.5) is 0 Å². The number of carbonyl (C=O) groups is 2. The molecule has 0 aliphatic rings. The number of benzene rings is 1. The van der Waals surface area contributed by atoms with Gasteiger partial charge in [0.2, 0.25) is 5.91 Å². The molecule has 0 radical (unpaired) electrons. The summed E-state index contributed by atoms with van der Waals surface area (Å²) in [4.78, 5) is 25.9. The molecule has 0 fully saturated rings. The fourth-order valence-electron chi connectivity index (χ4n) is 1.85. The van der Waals surface area contributed by atoms with Crippen LogP contribution < -0.4 is 5.32 Å². The maximum atomic E-state index is 12.5. The second kappa shape index (κ2) is 9.05. The first kappa shape index (κ1) is 18.0. The van der Waals surface area contributed by atoms with E-state index >= 15 is 0 Å². The van der Waals surface area contributed by atoms with Gasteiger partial charge in [-0.15, -0.1) is 0 Å². The molecule has 0 atom stereocenters. The van der Waals surface area contributed by atoms with Crippen LogP contribution in [0, 0.1) is 0 Å². The number of halogens is 2. The highest BCUT2D eigenvalue weighted by Crippen LogP contribution is 2.23. The molecule has 2 amide bonds. The van der Waals surface area contributed by atoms with E-state index in [0.29, 0.717) is 28.1 Å². The van der Waals surface area contributed by atoms with Gasteiger partial charge in [-0.2, -0.15) is 0 Å². The van der Waals surface area contributed by atoms with Crippen molar-refractivity contribution in [2.24, 2.45) is 0 Å². The van der Waals surface area contributed by atoms with Gasteiger partial charge in [-0.05, 0) is 47.0 Å². The number of nitrogens with one attached hydrogen (secondary N) is 1. The van der Waals surface area contributed by atoms with Gasteiger partial charge in [0, 0.05) is 22.6 Å². The number of amides is 2. The molecule has 0 saturated heterocycles. The zero-order valence-corrected chi connectivity index (χ0v) is 14.6. The number of rotatable bonds is 7. The maximum Gasteiger partial charge on any atom is 0.255 e. The van der Waals surface area contributed by atoms with Gasteiger partial charge in [0.25, 0.3) is 5.91 Å². The molecule has 0 unspecified atom stereocenters. The zero-order valence-electron chi connectivity index (χ0n) is 12.3. The predicted molar refractivity (Wildman–Crippen MR) is 88.6 cm³/mol. The van der Waals surface area contributed by atoms with Crippen LogP contribution in [0.15, 0.2) is 22.7 Å². The second-order valence-electron chi connectivity index (χ2n) is 4.70. The van der Waals surface area contributed by atoms with Crippen molar-refractivity contribution >= 4 is 39.3 Å². The second-order valence-corrected chi connectivity index (χ2v) is 5.99. The molecule has 0 heterocycles. The summed E-state index contributed by atoms with van der Waals surface area (Å²) in [7, 11) is 0. The van der Waals surface area contributed by atoms with Crippen molar-refractivity contribution in [1.29, 1.82) is 0 Å². The summed E-state index contributed by atoms with van der Waals surface area (Å²) in [5, 5.41) is 3.34. The first-order valence-corrected chi connectivity index (χ1v) is 8.17. The molecule has 0 spiro atoms. The Morgan fingerprint density at radius 2 is 2.00 bits per heavy atom. The summed E-state index contributed by atoms with van der Waals surface area (Å²) in [6.07, 6.45) is 1.66. The third-order valence-electron chi connectivity index (χ3n) is 2.85. The van der Waals surface area contributed by atoms with Gasteiger partial charge in [-0.1, -0.05) is 25.4 Å². The summed E-state index contributed by atoms with van der Waals surface area (Å²) >= 11 is 9.23. The first-order valence-electron chi connectivity index (χ1n) is 7.00. The molecule has 116 valence electrons. The number of hydrogen-bond acceptors (Lipinski definition) is 2. The molecule has 1 aromatic carbocycles. The van der Waals surface area contributed by atoms with Gasteiger partial charge >= 0.3 is 0 Å². The molecular weight excluding hydrogens is 356 g/mol. The van der Waals surface area contributed by atoms with Crippen molar-refractivity contribution in [3.8, 4) is 0 Å². The van der Waals surface area contributed by atoms with Crippen molar-refractivity contribution in [1.82, 2.24) is 10.2 Å². The topological polar surface area (TPSA) is 49.4 Å². The number of hydrogen-bond donors (Lipinski definition) is 1. The van der Waals surface area contributed by atoms with Gasteiger partial charge in [0.1, 0.15) is 0 Å². The highest BCUT2D eigenvalue weighted by Gasteiger charge is 2.20. The third-order valence-corrected chi connectivity index (χ3v) is 3.74. The molecule has 0 aliphatic heterocycles. The molecule has 0 aliphatic carbocycles. The van der Waals surface area contributed by atoms with Crippen LogP contribution in [0.5, 0.6) is 0 Å². The van der Waals surface area contributed by atoms with Crippen molar-refractivity contribution in [2.45, 2.75) is 26.7 Å².